The normalized spacial score (nSPS) is 16.8. The van der Waals surface area contributed by atoms with E-state index >= 15 is 0 Å². The van der Waals surface area contributed by atoms with Crippen LogP contribution in [0.4, 0.5) is 0 Å². The Labute approximate surface area is 159 Å². The van der Waals surface area contributed by atoms with Gasteiger partial charge in [0.15, 0.2) is 5.78 Å². The maximum Gasteiger partial charge on any atom is 0.173 e. The highest BCUT2D eigenvalue weighted by Gasteiger charge is 2.23. The van der Waals surface area contributed by atoms with Gasteiger partial charge >= 0.3 is 0 Å². The highest BCUT2D eigenvalue weighted by atomic mass is 35.5. The summed E-state index contributed by atoms with van der Waals surface area (Å²) in [6, 6.07) is 7.04. The molecule has 0 fully saturated rings. The Kier molecular flexibility index (Phi) is 4.80. The minimum atomic E-state index is 0.0890. The zero-order chi connectivity index (χ0) is 17.4. The van der Waals surface area contributed by atoms with Crippen LogP contribution in [0.3, 0.4) is 0 Å². The summed E-state index contributed by atoms with van der Waals surface area (Å²) >= 11 is 9.18. The van der Waals surface area contributed by atoms with Crippen LogP contribution >= 0.6 is 34.7 Å². The number of thioether (sulfide) groups is 1. The molecule has 0 amide bonds. The maximum absolute atomic E-state index is 12.4. The molecule has 0 saturated heterocycles. The first-order chi connectivity index (χ1) is 12.1. The molecule has 2 heterocycles. The van der Waals surface area contributed by atoms with E-state index in [0.717, 1.165) is 28.6 Å². The monoisotopic (exact) mass is 388 g/mol. The van der Waals surface area contributed by atoms with Crippen LogP contribution in [-0.2, 0) is 12.8 Å². The van der Waals surface area contributed by atoms with Crippen molar-refractivity contribution < 1.29 is 4.79 Å². The van der Waals surface area contributed by atoms with E-state index in [1.165, 1.54) is 34.0 Å². The summed E-state index contributed by atoms with van der Waals surface area (Å²) in [5.74, 6) is 1.19. The lowest BCUT2D eigenvalue weighted by molar-refractivity contribution is 0.102. The minimum absolute atomic E-state index is 0.0890. The number of halogens is 1. The number of ketones is 1. The van der Waals surface area contributed by atoms with Gasteiger partial charge in [-0.2, -0.15) is 0 Å². The second-order valence-corrected chi connectivity index (χ2v) is 8.91. The van der Waals surface area contributed by atoms with Crippen LogP contribution in [0.5, 0.6) is 0 Å². The molecule has 0 aliphatic heterocycles. The van der Waals surface area contributed by atoms with Crippen molar-refractivity contribution in [2.75, 3.05) is 5.75 Å². The Bertz CT molecular complexity index is 936. The molecule has 4 rings (SSSR count). The van der Waals surface area contributed by atoms with Crippen molar-refractivity contribution in [1.82, 2.24) is 9.97 Å². The Hall–Kier alpha value is -1.43. The van der Waals surface area contributed by atoms with Gasteiger partial charge < -0.3 is 0 Å². The van der Waals surface area contributed by atoms with Crippen LogP contribution in [0, 0.1) is 5.92 Å². The lowest BCUT2D eigenvalue weighted by Gasteiger charge is -2.18. The third kappa shape index (κ3) is 3.46. The number of benzene rings is 1. The van der Waals surface area contributed by atoms with Gasteiger partial charge in [-0.1, -0.05) is 30.3 Å². The topological polar surface area (TPSA) is 42.9 Å². The van der Waals surface area contributed by atoms with Gasteiger partial charge in [0, 0.05) is 20.8 Å². The number of carbonyl (C=O) groups is 1. The van der Waals surface area contributed by atoms with Crippen LogP contribution in [0.2, 0.25) is 5.02 Å². The van der Waals surface area contributed by atoms with Crippen molar-refractivity contribution in [3.05, 3.63) is 51.6 Å². The average molecular weight is 389 g/mol. The molecule has 0 spiro atoms. The molecule has 1 aliphatic rings. The Morgan fingerprint density at radius 1 is 1.32 bits per heavy atom. The SMILES string of the molecule is CC1CCc2c(sc3ncnc(SCC(=O)c4ccc(Cl)cc4)c23)C1. The van der Waals surface area contributed by atoms with E-state index in [0.29, 0.717) is 16.3 Å². The Balaban J connectivity index is 1.59. The first-order valence-electron chi connectivity index (χ1n) is 8.28. The fourth-order valence-corrected chi connectivity index (χ4v) is 5.67. The van der Waals surface area contributed by atoms with Crippen molar-refractivity contribution in [2.24, 2.45) is 5.92 Å². The zero-order valence-corrected chi connectivity index (χ0v) is 16.2. The number of nitrogens with zero attached hydrogens (tertiary/aromatic N) is 2. The van der Waals surface area contributed by atoms with Gasteiger partial charge in [0.25, 0.3) is 0 Å². The predicted octanol–water partition coefficient (Wildman–Crippen LogP) is 5.44. The van der Waals surface area contributed by atoms with Crippen molar-refractivity contribution >= 4 is 50.7 Å². The van der Waals surface area contributed by atoms with Gasteiger partial charge in [0.05, 0.1) is 5.75 Å². The fraction of sp³-hybridized carbons (Fsp3) is 0.316. The molecule has 128 valence electrons. The number of hydrogen-bond donors (Lipinski definition) is 0. The summed E-state index contributed by atoms with van der Waals surface area (Å²) in [6.45, 7) is 2.31. The molecule has 2 aromatic heterocycles. The van der Waals surface area contributed by atoms with Crippen LogP contribution in [0.1, 0.15) is 34.1 Å². The first-order valence-corrected chi connectivity index (χ1v) is 10.5. The molecule has 3 aromatic rings. The van der Waals surface area contributed by atoms with Gasteiger partial charge in [-0.15, -0.1) is 11.3 Å². The minimum Gasteiger partial charge on any atom is -0.293 e. The maximum atomic E-state index is 12.4. The lowest BCUT2D eigenvalue weighted by atomic mass is 9.89. The molecule has 1 unspecified atom stereocenters. The van der Waals surface area contributed by atoms with E-state index in [2.05, 4.69) is 16.9 Å². The van der Waals surface area contributed by atoms with Crippen LogP contribution in [0.15, 0.2) is 35.6 Å². The summed E-state index contributed by atoms with van der Waals surface area (Å²) in [7, 11) is 0. The standard InChI is InChI=1S/C19H17ClN2OS2/c1-11-2-7-14-16(8-11)25-19-17(14)18(21-10-22-19)24-9-15(23)12-3-5-13(20)6-4-12/h3-6,10-11H,2,7-9H2,1H3. The van der Waals surface area contributed by atoms with Crippen molar-refractivity contribution in [2.45, 2.75) is 31.2 Å². The van der Waals surface area contributed by atoms with Crippen LogP contribution < -0.4 is 0 Å². The van der Waals surface area contributed by atoms with Gasteiger partial charge in [0.2, 0.25) is 0 Å². The highest BCUT2D eigenvalue weighted by Crippen LogP contribution is 2.40. The smallest absolute Gasteiger partial charge is 0.173 e. The number of fused-ring (bicyclic) bond motifs is 3. The molecule has 0 radical (unpaired) electrons. The van der Waals surface area contributed by atoms with E-state index in [-0.39, 0.29) is 5.78 Å². The molecule has 3 nitrogen and oxygen atoms in total. The van der Waals surface area contributed by atoms with Gasteiger partial charge in [-0.3, -0.25) is 4.79 Å². The number of thiophene rings is 1. The molecule has 0 saturated carbocycles. The second-order valence-electron chi connectivity index (χ2n) is 6.43. The van der Waals surface area contributed by atoms with Gasteiger partial charge in [-0.25, -0.2) is 9.97 Å². The van der Waals surface area contributed by atoms with E-state index in [9.17, 15) is 4.79 Å². The molecular weight excluding hydrogens is 372 g/mol. The molecule has 1 atom stereocenters. The van der Waals surface area contributed by atoms with Crippen LogP contribution in [0.25, 0.3) is 10.2 Å². The zero-order valence-electron chi connectivity index (χ0n) is 13.8. The Morgan fingerprint density at radius 3 is 2.92 bits per heavy atom. The molecule has 25 heavy (non-hydrogen) atoms. The largest absolute Gasteiger partial charge is 0.293 e. The summed E-state index contributed by atoms with van der Waals surface area (Å²) in [5, 5.41) is 2.74. The third-order valence-corrected chi connectivity index (χ3v) is 6.97. The van der Waals surface area contributed by atoms with Gasteiger partial charge in [-0.05, 0) is 55.0 Å². The fourth-order valence-electron chi connectivity index (χ4n) is 3.21. The molecular formula is C19H17ClN2OS2. The Morgan fingerprint density at radius 2 is 2.12 bits per heavy atom. The lowest BCUT2D eigenvalue weighted by Crippen LogP contribution is -2.09. The van der Waals surface area contributed by atoms with Crippen molar-refractivity contribution in [1.29, 1.82) is 0 Å². The molecule has 6 heteroatoms. The number of carbonyl (C=O) groups excluding carboxylic acids is 1. The summed E-state index contributed by atoms with van der Waals surface area (Å²) < 4.78 is 0. The highest BCUT2D eigenvalue weighted by molar-refractivity contribution is 8.00. The summed E-state index contributed by atoms with van der Waals surface area (Å²) in [6.07, 6.45) is 5.04. The number of aromatic nitrogens is 2. The summed E-state index contributed by atoms with van der Waals surface area (Å²) in [5.41, 5.74) is 2.09. The molecule has 0 N–H and O–H groups in total. The molecule has 1 aromatic carbocycles. The average Bonchev–Trinajstić information content (AvgIpc) is 2.98. The number of Topliss-reactive ketones (excluding diaryl/α,β-unsaturated/α-hetero) is 1. The van der Waals surface area contributed by atoms with E-state index in [1.807, 2.05) is 0 Å². The molecule has 0 bridgehead atoms. The van der Waals surface area contributed by atoms with E-state index < -0.39 is 0 Å². The predicted molar refractivity (Wildman–Crippen MR) is 105 cm³/mol. The number of aryl methyl sites for hydroxylation is 1. The second kappa shape index (κ2) is 7.06. The quantitative estimate of drug-likeness (QED) is 0.339. The number of rotatable bonds is 4. The first kappa shape index (κ1) is 17.0. The third-order valence-electron chi connectivity index (χ3n) is 4.56. The van der Waals surface area contributed by atoms with Crippen molar-refractivity contribution in [3.8, 4) is 0 Å². The van der Waals surface area contributed by atoms with Crippen LogP contribution in [-0.4, -0.2) is 21.5 Å². The van der Waals surface area contributed by atoms with E-state index in [4.69, 9.17) is 11.6 Å². The number of hydrogen-bond acceptors (Lipinski definition) is 5. The molecule has 1 aliphatic carbocycles. The van der Waals surface area contributed by atoms with E-state index in [1.54, 1.807) is 41.9 Å². The van der Waals surface area contributed by atoms with Crippen molar-refractivity contribution in [3.63, 3.8) is 0 Å². The summed E-state index contributed by atoms with van der Waals surface area (Å²) in [4.78, 5) is 23.9. The van der Waals surface area contributed by atoms with Gasteiger partial charge in [0.1, 0.15) is 16.2 Å².